The predicted octanol–water partition coefficient (Wildman–Crippen LogP) is 4.16. The minimum Gasteiger partial charge on any atom is -0.493 e. The van der Waals surface area contributed by atoms with Gasteiger partial charge in [0, 0.05) is 11.6 Å². The summed E-state index contributed by atoms with van der Waals surface area (Å²) < 4.78 is 21.6. The molecule has 1 unspecified atom stereocenters. The topological polar surface area (TPSA) is 71.1 Å². The van der Waals surface area contributed by atoms with E-state index in [4.69, 9.17) is 30.5 Å². The van der Waals surface area contributed by atoms with Crippen LogP contribution in [0.25, 0.3) is 6.08 Å². The lowest BCUT2D eigenvalue weighted by Crippen LogP contribution is -2.17. The van der Waals surface area contributed by atoms with E-state index in [1.54, 1.807) is 37.3 Å². The Morgan fingerprint density at radius 1 is 1.21 bits per heavy atom. The largest absolute Gasteiger partial charge is 0.493 e. The summed E-state index contributed by atoms with van der Waals surface area (Å²) in [5.74, 6) is 0.916. The Morgan fingerprint density at radius 3 is 2.61 bits per heavy atom. The number of alkyl halides is 1. The van der Waals surface area contributed by atoms with E-state index in [2.05, 4.69) is 0 Å². The van der Waals surface area contributed by atoms with Gasteiger partial charge in [-0.2, -0.15) is 0 Å². The molecule has 2 aromatic rings. The maximum absolute atomic E-state index is 12.8. The molecule has 0 saturated carbocycles. The summed E-state index contributed by atoms with van der Waals surface area (Å²) in [5, 5.41) is -0.785. The average molecular weight is 403 g/mol. The molecule has 0 amide bonds. The van der Waals surface area contributed by atoms with Crippen LogP contribution in [0, 0.1) is 6.92 Å². The smallest absolute Gasteiger partial charge is 0.329 e. The first kappa shape index (κ1) is 19.8. The Morgan fingerprint density at radius 2 is 1.96 bits per heavy atom. The van der Waals surface area contributed by atoms with Crippen LogP contribution in [0.2, 0.25) is 0 Å². The summed E-state index contributed by atoms with van der Waals surface area (Å²) in [4.78, 5) is 24.5. The molecule has 0 N–H and O–H groups in total. The van der Waals surface area contributed by atoms with Gasteiger partial charge in [-0.05, 0) is 37.6 Å². The van der Waals surface area contributed by atoms with Crippen LogP contribution >= 0.6 is 11.6 Å². The number of fused-ring (bicyclic) bond motifs is 1. The first-order chi connectivity index (χ1) is 13.3. The number of carbonyl (C=O) groups excluding carboxylic acids is 2. The molecule has 0 bridgehead atoms. The zero-order valence-corrected chi connectivity index (χ0v) is 16.6. The Kier molecular flexibility index (Phi) is 5.61. The molecule has 28 heavy (non-hydrogen) atoms. The van der Waals surface area contributed by atoms with Crippen molar-refractivity contribution >= 4 is 29.4 Å². The number of hydrogen-bond donors (Lipinski definition) is 0. The fourth-order valence-corrected chi connectivity index (χ4v) is 2.95. The fourth-order valence-electron chi connectivity index (χ4n) is 2.90. The van der Waals surface area contributed by atoms with Crippen LogP contribution in [-0.2, 0) is 4.79 Å². The number of Topliss-reactive ketones (excluding diaryl/α,β-unsaturated/α-hetero) is 1. The average Bonchev–Trinajstić information content (AvgIpc) is 2.97. The predicted molar refractivity (Wildman–Crippen MR) is 105 cm³/mol. The minimum atomic E-state index is -0.785. The minimum absolute atomic E-state index is 0.138. The maximum atomic E-state index is 12.8. The van der Waals surface area contributed by atoms with Crippen LogP contribution in [-0.4, -0.2) is 31.3 Å². The molecular formula is C21H19ClO6. The third-order valence-corrected chi connectivity index (χ3v) is 4.39. The van der Waals surface area contributed by atoms with Crippen molar-refractivity contribution in [2.24, 2.45) is 0 Å². The number of hydrogen-bond acceptors (Lipinski definition) is 6. The van der Waals surface area contributed by atoms with Gasteiger partial charge in [-0.25, -0.2) is 0 Å². The van der Waals surface area contributed by atoms with Crippen LogP contribution in [0.15, 0.2) is 36.1 Å². The van der Waals surface area contributed by atoms with Crippen molar-refractivity contribution in [3.63, 3.8) is 0 Å². The molecule has 0 fully saturated rings. The van der Waals surface area contributed by atoms with E-state index >= 15 is 0 Å². The van der Waals surface area contributed by atoms with Gasteiger partial charge in [0.25, 0.3) is 0 Å². The van der Waals surface area contributed by atoms with Crippen molar-refractivity contribution in [3.05, 3.63) is 52.8 Å². The van der Waals surface area contributed by atoms with Gasteiger partial charge < -0.3 is 18.9 Å². The summed E-state index contributed by atoms with van der Waals surface area (Å²) in [6.07, 6.45) is 1.59. The van der Waals surface area contributed by atoms with Gasteiger partial charge in [0.15, 0.2) is 17.3 Å². The van der Waals surface area contributed by atoms with E-state index in [9.17, 15) is 9.59 Å². The Balaban J connectivity index is 1.97. The van der Waals surface area contributed by atoms with Crippen molar-refractivity contribution in [1.29, 1.82) is 0 Å². The third-order valence-electron chi connectivity index (χ3n) is 4.21. The summed E-state index contributed by atoms with van der Waals surface area (Å²) in [7, 11) is 3.06. The quantitative estimate of drug-likeness (QED) is 0.323. The van der Waals surface area contributed by atoms with Gasteiger partial charge in [0.05, 0.1) is 19.8 Å². The van der Waals surface area contributed by atoms with Crippen molar-refractivity contribution < 1.29 is 28.5 Å². The van der Waals surface area contributed by atoms with E-state index in [0.29, 0.717) is 33.9 Å². The van der Waals surface area contributed by atoms with Crippen LogP contribution in [0.3, 0.4) is 0 Å². The number of methoxy groups -OCH3 is 2. The molecule has 1 aliphatic heterocycles. The summed E-state index contributed by atoms with van der Waals surface area (Å²) in [5.41, 5.74) is 1.69. The van der Waals surface area contributed by atoms with Crippen LogP contribution in [0.5, 0.6) is 23.0 Å². The highest BCUT2D eigenvalue weighted by Crippen LogP contribution is 2.39. The molecule has 0 aliphatic carbocycles. The molecule has 0 spiro atoms. The van der Waals surface area contributed by atoms with Gasteiger partial charge in [-0.3, -0.25) is 9.59 Å². The maximum Gasteiger partial charge on any atom is 0.329 e. The van der Waals surface area contributed by atoms with Gasteiger partial charge in [-0.1, -0.05) is 12.1 Å². The molecule has 0 aromatic heterocycles. The van der Waals surface area contributed by atoms with Crippen molar-refractivity contribution in [1.82, 2.24) is 0 Å². The number of ether oxygens (including phenoxy) is 4. The highest BCUT2D eigenvalue weighted by Gasteiger charge is 2.31. The van der Waals surface area contributed by atoms with Crippen LogP contribution < -0.4 is 18.9 Å². The summed E-state index contributed by atoms with van der Waals surface area (Å²) in [6.45, 7) is 3.27. The van der Waals surface area contributed by atoms with Crippen molar-refractivity contribution in [3.8, 4) is 23.0 Å². The number of carbonyl (C=O) groups is 2. The molecule has 6 nitrogen and oxygen atoms in total. The lowest BCUT2D eigenvalue weighted by molar-refractivity contribution is -0.133. The normalized spacial score (nSPS) is 15.0. The first-order valence-electron chi connectivity index (χ1n) is 8.51. The third kappa shape index (κ3) is 3.68. The lowest BCUT2D eigenvalue weighted by Gasteiger charge is -2.10. The lowest BCUT2D eigenvalue weighted by atomic mass is 10.0. The molecule has 0 radical (unpaired) electrons. The molecule has 1 heterocycles. The number of rotatable bonds is 5. The monoisotopic (exact) mass is 402 g/mol. The number of ketones is 1. The second-order valence-corrected chi connectivity index (χ2v) is 6.83. The molecular weight excluding hydrogens is 384 g/mol. The molecule has 146 valence electrons. The number of halogens is 1. The highest BCUT2D eigenvalue weighted by molar-refractivity contribution is 6.29. The number of para-hydroxylation sites is 1. The van der Waals surface area contributed by atoms with Crippen molar-refractivity contribution in [2.45, 2.75) is 19.2 Å². The van der Waals surface area contributed by atoms with Crippen LogP contribution in [0.4, 0.5) is 0 Å². The molecule has 0 saturated heterocycles. The zero-order valence-electron chi connectivity index (χ0n) is 15.9. The van der Waals surface area contributed by atoms with E-state index in [1.807, 2.05) is 0 Å². The summed E-state index contributed by atoms with van der Waals surface area (Å²) in [6, 6.07) is 8.44. The van der Waals surface area contributed by atoms with E-state index < -0.39 is 11.3 Å². The van der Waals surface area contributed by atoms with Gasteiger partial charge >= 0.3 is 5.97 Å². The standard InChI is InChI=1S/C21H19ClO6/c1-11-8-14(27-21(24)12(2)22)10-16-18(11)19(23)17(28-16)9-13-6-5-7-15(25-3)20(13)26-4/h5-10,12H,1-4H3/b17-9-. The fraction of sp³-hybridized carbons (Fsp3) is 0.238. The number of benzene rings is 2. The molecule has 1 aliphatic rings. The van der Waals surface area contributed by atoms with Gasteiger partial charge in [-0.15, -0.1) is 11.6 Å². The Labute approximate surface area is 167 Å². The Hall–Kier alpha value is -2.99. The molecule has 3 rings (SSSR count). The van der Waals surface area contributed by atoms with Gasteiger partial charge in [0.2, 0.25) is 5.78 Å². The second-order valence-electron chi connectivity index (χ2n) is 6.17. The SMILES string of the molecule is COc1cccc(/C=C2\Oc3cc(OC(=O)C(C)Cl)cc(C)c3C2=O)c1OC. The van der Waals surface area contributed by atoms with E-state index in [1.165, 1.54) is 27.2 Å². The van der Waals surface area contributed by atoms with Crippen molar-refractivity contribution in [2.75, 3.05) is 14.2 Å². The van der Waals surface area contributed by atoms with E-state index in [0.717, 1.165) is 0 Å². The number of esters is 1. The first-order valence-corrected chi connectivity index (χ1v) is 8.95. The van der Waals surface area contributed by atoms with Gasteiger partial charge in [0.1, 0.15) is 16.9 Å². The molecule has 1 atom stereocenters. The summed E-state index contributed by atoms with van der Waals surface area (Å²) >= 11 is 5.73. The Bertz CT molecular complexity index is 977. The van der Waals surface area contributed by atoms with Crippen LogP contribution in [0.1, 0.15) is 28.4 Å². The highest BCUT2D eigenvalue weighted by atomic mass is 35.5. The van der Waals surface area contributed by atoms with E-state index in [-0.39, 0.29) is 17.3 Å². The zero-order chi connectivity index (χ0) is 20.4. The molecule has 7 heteroatoms. The molecule has 2 aromatic carbocycles. The second kappa shape index (κ2) is 7.94. The number of allylic oxidation sites excluding steroid dienone is 1. The number of aryl methyl sites for hydroxylation is 1.